The van der Waals surface area contributed by atoms with Crippen LogP contribution < -0.4 is 5.32 Å². The van der Waals surface area contributed by atoms with E-state index in [0.29, 0.717) is 6.04 Å². The van der Waals surface area contributed by atoms with E-state index in [1.807, 2.05) is 18.3 Å². The van der Waals surface area contributed by atoms with Crippen LogP contribution in [0.15, 0.2) is 30.5 Å². The molecule has 2 aromatic rings. The number of aromatic nitrogens is 1. The third kappa shape index (κ3) is 2.87. The van der Waals surface area contributed by atoms with Crippen molar-refractivity contribution in [1.29, 1.82) is 0 Å². The van der Waals surface area contributed by atoms with E-state index < -0.39 is 0 Å². The number of fused-ring (bicyclic) bond motifs is 1. The number of rotatable bonds is 5. The molecule has 92 valence electrons. The van der Waals surface area contributed by atoms with Crippen molar-refractivity contribution in [3.8, 4) is 0 Å². The molecular formula is C14H20N2O. The summed E-state index contributed by atoms with van der Waals surface area (Å²) >= 11 is 0. The molecule has 17 heavy (non-hydrogen) atoms. The highest BCUT2D eigenvalue weighted by Gasteiger charge is 2.12. The maximum Gasteiger partial charge on any atom is 0.0587 e. The van der Waals surface area contributed by atoms with Crippen LogP contribution in [-0.2, 0) is 6.42 Å². The van der Waals surface area contributed by atoms with Crippen LogP contribution in [0, 0.1) is 0 Å². The maximum absolute atomic E-state index is 9.37. The van der Waals surface area contributed by atoms with E-state index in [0.717, 1.165) is 11.9 Å². The van der Waals surface area contributed by atoms with Crippen LogP contribution in [0.25, 0.3) is 10.9 Å². The highest BCUT2D eigenvalue weighted by Crippen LogP contribution is 2.19. The first kappa shape index (κ1) is 12.1. The fraction of sp³-hybridized carbons (Fsp3) is 0.429. The fourth-order valence-electron chi connectivity index (χ4n) is 2.21. The predicted octanol–water partition coefficient (Wildman–Crippen LogP) is 2.07. The molecule has 0 fully saturated rings. The monoisotopic (exact) mass is 232 g/mol. The Hall–Kier alpha value is -1.32. The Morgan fingerprint density at radius 1 is 1.29 bits per heavy atom. The minimum absolute atomic E-state index is 0.120. The predicted molar refractivity (Wildman–Crippen MR) is 71.1 cm³/mol. The zero-order valence-corrected chi connectivity index (χ0v) is 10.4. The van der Waals surface area contributed by atoms with Crippen LogP contribution >= 0.6 is 0 Å². The maximum atomic E-state index is 9.37. The van der Waals surface area contributed by atoms with Crippen molar-refractivity contribution in [3.63, 3.8) is 0 Å². The van der Waals surface area contributed by atoms with E-state index in [1.54, 1.807) is 0 Å². The summed E-state index contributed by atoms with van der Waals surface area (Å²) in [6, 6.07) is 8.77. The van der Waals surface area contributed by atoms with Crippen LogP contribution in [0.3, 0.4) is 0 Å². The summed E-state index contributed by atoms with van der Waals surface area (Å²) in [5.74, 6) is 0. The molecule has 0 saturated heterocycles. The number of aromatic amines is 1. The minimum Gasteiger partial charge on any atom is -0.395 e. The molecule has 1 aromatic heterocycles. The van der Waals surface area contributed by atoms with Gasteiger partial charge in [-0.25, -0.2) is 0 Å². The first-order valence-corrected chi connectivity index (χ1v) is 6.12. The Bertz CT molecular complexity index is 476. The first-order chi connectivity index (χ1) is 8.20. The van der Waals surface area contributed by atoms with Gasteiger partial charge in [-0.05, 0) is 18.1 Å². The molecule has 2 rings (SSSR count). The normalized spacial score (nSPS) is 13.4. The van der Waals surface area contributed by atoms with Crippen LogP contribution in [0.5, 0.6) is 0 Å². The quantitative estimate of drug-likeness (QED) is 0.739. The molecule has 0 aliphatic carbocycles. The Morgan fingerprint density at radius 3 is 2.76 bits per heavy atom. The van der Waals surface area contributed by atoms with Gasteiger partial charge in [-0.1, -0.05) is 32.0 Å². The molecule has 0 unspecified atom stereocenters. The van der Waals surface area contributed by atoms with Gasteiger partial charge < -0.3 is 15.4 Å². The number of H-pyrrole nitrogens is 1. The van der Waals surface area contributed by atoms with Gasteiger partial charge in [0.1, 0.15) is 0 Å². The number of hydrogen-bond acceptors (Lipinski definition) is 2. The summed E-state index contributed by atoms with van der Waals surface area (Å²) < 4.78 is 0. The van der Waals surface area contributed by atoms with Gasteiger partial charge >= 0.3 is 0 Å². The zero-order valence-electron chi connectivity index (χ0n) is 10.4. The molecule has 3 N–H and O–H groups in total. The fourth-order valence-corrected chi connectivity index (χ4v) is 2.21. The highest BCUT2D eigenvalue weighted by atomic mass is 16.3. The van der Waals surface area contributed by atoms with Gasteiger partial charge in [0.15, 0.2) is 0 Å². The molecule has 3 heteroatoms. The number of para-hydroxylation sites is 1. The summed E-state index contributed by atoms with van der Waals surface area (Å²) in [6.07, 6.45) is 2.88. The van der Waals surface area contributed by atoms with Crippen molar-refractivity contribution < 1.29 is 5.11 Å². The Morgan fingerprint density at radius 2 is 2.06 bits per heavy atom. The second kappa shape index (κ2) is 5.34. The summed E-state index contributed by atoms with van der Waals surface area (Å²) in [4.78, 5) is 3.26. The van der Waals surface area contributed by atoms with Gasteiger partial charge in [-0.15, -0.1) is 0 Å². The van der Waals surface area contributed by atoms with Crippen LogP contribution in [-0.4, -0.2) is 28.8 Å². The molecule has 0 saturated carbocycles. The smallest absolute Gasteiger partial charge is 0.0587 e. The van der Waals surface area contributed by atoms with E-state index in [9.17, 15) is 5.11 Å². The van der Waals surface area contributed by atoms with Crippen molar-refractivity contribution >= 4 is 10.9 Å². The Balaban J connectivity index is 2.16. The molecule has 0 spiro atoms. The number of nitrogens with one attached hydrogen (secondary N) is 2. The van der Waals surface area contributed by atoms with Crippen LogP contribution in [0.2, 0.25) is 0 Å². The van der Waals surface area contributed by atoms with Crippen molar-refractivity contribution in [1.82, 2.24) is 10.3 Å². The molecule has 0 amide bonds. The van der Waals surface area contributed by atoms with E-state index in [-0.39, 0.29) is 12.6 Å². The average Bonchev–Trinajstić information content (AvgIpc) is 2.71. The van der Waals surface area contributed by atoms with Crippen LogP contribution in [0.4, 0.5) is 0 Å². The average molecular weight is 232 g/mol. The third-order valence-electron chi connectivity index (χ3n) is 2.93. The zero-order chi connectivity index (χ0) is 12.3. The van der Waals surface area contributed by atoms with Crippen molar-refractivity contribution in [2.24, 2.45) is 0 Å². The molecule has 1 atom stereocenters. The minimum atomic E-state index is 0.120. The Kier molecular flexibility index (Phi) is 3.82. The summed E-state index contributed by atoms with van der Waals surface area (Å²) in [6.45, 7) is 4.35. The highest BCUT2D eigenvalue weighted by molar-refractivity contribution is 5.83. The second-order valence-electron chi connectivity index (χ2n) is 4.76. The molecule has 0 aliphatic heterocycles. The number of aliphatic hydroxyl groups is 1. The lowest BCUT2D eigenvalue weighted by Gasteiger charge is -2.18. The number of hydrogen-bond donors (Lipinski definition) is 3. The lowest BCUT2D eigenvalue weighted by Crippen LogP contribution is -2.39. The van der Waals surface area contributed by atoms with Crippen molar-refractivity contribution in [2.45, 2.75) is 32.4 Å². The third-order valence-corrected chi connectivity index (χ3v) is 2.93. The first-order valence-electron chi connectivity index (χ1n) is 6.12. The molecule has 3 nitrogen and oxygen atoms in total. The number of benzene rings is 1. The van der Waals surface area contributed by atoms with Crippen LogP contribution in [0.1, 0.15) is 19.4 Å². The largest absolute Gasteiger partial charge is 0.395 e. The van der Waals surface area contributed by atoms with Gasteiger partial charge in [0.05, 0.1) is 6.61 Å². The number of aliphatic hydroxyl groups excluding tert-OH is 1. The SMILES string of the molecule is CC(C)N[C@@H](CO)Cc1c[nH]c2ccccc12. The van der Waals surface area contributed by atoms with Gasteiger partial charge in [0.2, 0.25) is 0 Å². The molecule has 1 aromatic carbocycles. The molecule has 0 radical (unpaired) electrons. The van der Waals surface area contributed by atoms with E-state index >= 15 is 0 Å². The topological polar surface area (TPSA) is 48.0 Å². The summed E-state index contributed by atoms with van der Waals surface area (Å²) in [7, 11) is 0. The summed E-state index contributed by atoms with van der Waals surface area (Å²) in [5, 5.41) is 14.0. The van der Waals surface area contributed by atoms with E-state index in [2.05, 4.69) is 36.3 Å². The summed E-state index contributed by atoms with van der Waals surface area (Å²) in [5.41, 5.74) is 2.41. The lowest BCUT2D eigenvalue weighted by atomic mass is 10.0. The van der Waals surface area contributed by atoms with Crippen molar-refractivity contribution in [3.05, 3.63) is 36.0 Å². The Labute approximate surface area is 102 Å². The molecule has 1 heterocycles. The molecular weight excluding hydrogens is 212 g/mol. The van der Waals surface area contributed by atoms with E-state index in [1.165, 1.54) is 10.9 Å². The molecule has 0 bridgehead atoms. The van der Waals surface area contributed by atoms with Crippen molar-refractivity contribution in [2.75, 3.05) is 6.61 Å². The van der Waals surface area contributed by atoms with Gasteiger partial charge in [0.25, 0.3) is 0 Å². The van der Waals surface area contributed by atoms with Gasteiger partial charge in [0, 0.05) is 29.2 Å². The standard InChI is InChI=1S/C14H20N2O/c1-10(2)16-12(9-17)7-11-8-15-14-6-4-3-5-13(11)14/h3-6,8,10,12,15-17H,7,9H2,1-2H3/t12-/m1/s1. The van der Waals surface area contributed by atoms with Gasteiger partial charge in [-0.2, -0.15) is 0 Å². The molecule has 0 aliphatic rings. The van der Waals surface area contributed by atoms with Gasteiger partial charge in [-0.3, -0.25) is 0 Å². The second-order valence-corrected chi connectivity index (χ2v) is 4.76. The lowest BCUT2D eigenvalue weighted by molar-refractivity contribution is 0.235. The van der Waals surface area contributed by atoms with E-state index in [4.69, 9.17) is 0 Å².